The van der Waals surface area contributed by atoms with Crippen LogP contribution in [0.3, 0.4) is 0 Å². The number of amides is 1. The Morgan fingerprint density at radius 1 is 1.32 bits per heavy atom. The van der Waals surface area contributed by atoms with E-state index >= 15 is 0 Å². The van der Waals surface area contributed by atoms with Crippen LogP contribution in [0.1, 0.15) is 53.5 Å². The van der Waals surface area contributed by atoms with Crippen LogP contribution >= 0.6 is 0 Å². The summed E-state index contributed by atoms with van der Waals surface area (Å²) in [5.41, 5.74) is 2.74. The summed E-state index contributed by atoms with van der Waals surface area (Å²) in [7, 11) is 0. The van der Waals surface area contributed by atoms with E-state index in [1.54, 1.807) is 6.07 Å². The lowest BCUT2D eigenvalue weighted by atomic mass is 10.2. The summed E-state index contributed by atoms with van der Waals surface area (Å²) in [6, 6.07) is 3.89. The van der Waals surface area contributed by atoms with Crippen LogP contribution in [0.4, 0.5) is 0 Å². The minimum absolute atomic E-state index is 0.112. The first-order chi connectivity index (χ1) is 11.9. The smallest absolute Gasteiger partial charge is 0.255 e. The van der Waals surface area contributed by atoms with Crippen molar-refractivity contribution in [1.29, 1.82) is 0 Å². The summed E-state index contributed by atoms with van der Waals surface area (Å²) >= 11 is 0. The molecule has 2 aromatic heterocycles. The van der Waals surface area contributed by atoms with Gasteiger partial charge in [0.25, 0.3) is 5.91 Å². The van der Waals surface area contributed by atoms with Crippen molar-refractivity contribution < 1.29 is 9.21 Å². The molecule has 0 bridgehead atoms. The molecule has 6 nitrogen and oxygen atoms in total. The first kappa shape index (κ1) is 17.7. The standard InChI is InChI=1S/C19H28N4O2/c1-13(2)11-22-6-5-7-23-17(12-22)9-16(21-23)10-20-19(24)18-8-14(3)25-15(18)4/h8-9,13H,5-7,10-12H2,1-4H3,(H,20,24). The SMILES string of the molecule is Cc1cc(C(=O)NCc2cc3n(n2)CCCN(CC(C)C)C3)c(C)o1. The highest BCUT2D eigenvalue weighted by Crippen LogP contribution is 2.16. The van der Waals surface area contributed by atoms with E-state index in [-0.39, 0.29) is 5.91 Å². The molecule has 0 unspecified atom stereocenters. The normalized spacial score (nSPS) is 15.2. The van der Waals surface area contributed by atoms with Gasteiger partial charge < -0.3 is 9.73 Å². The third-order valence-electron chi connectivity index (χ3n) is 4.48. The average Bonchev–Trinajstić information content (AvgIpc) is 3.01. The lowest BCUT2D eigenvalue weighted by molar-refractivity contribution is 0.0949. The predicted octanol–water partition coefficient (Wildman–Crippen LogP) is 2.88. The molecule has 0 saturated carbocycles. The van der Waals surface area contributed by atoms with Gasteiger partial charge in [0, 0.05) is 26.2 Å². The molecule has 3 heterocycles. The second kappa shape index (κ2) is 7.44. The molecule has 136 valence electrons. The van der Waals surface area contributed by atoms with Gasteiger partial charge in [0.05, 0.1) is 23.5 Å². The number of carbonyl (C=O) groups excluding carboxylic acids is 1. The monoisotopic (exact) mass is 344 g/mol. The van der Waals surface area contributed by atoms with E-state index in [2.05, 4.69) is 39.9 Å². The maximum Gasteiger partial charge on any atom is 0.255 e. The Morgan fingerprint density at radius 3 is 2.80 bits per heavy atom. The zero-order chi connectivity index (χ0) is 18.0. The van der Waals surface area contributed by atoms with E-state index in [0.29, 0.717) is 23.8 Å². The lowest BCUT2D eigenvalue weighted by Crippen LogP contribution is -2.27. The average molecular weight is 344 g/mol. The summed E-state index contributed by atoms with van der Waals surface area (Å²) in [4.78, 5) is 14.8. The predicted molar refractivity (Wildman–Crippen MR) is 96.3 cm³/mol. The van der Waals surface area contributed by atoms with Gasteiger partial charge in [0.15, 0.2) is 0 Å². The van der Waals surface area contributed by atoms with Crippen molar-refractivity contribution in [3.63, 3.8) is 0 Å². The van der Waals surface area contributed by atoms with Crippen LogP contribution in [-0.4, -0.2) is 33.7 Å². The molecule has 1 amide bonds. The molecular weight excluding hydrogens is 316 g/mol. The number of furan rings is 1. The van der Waals surface area contributed by atoms with Crippen LogP contribution in [0, 0.1) is 19.8 Å². The van der Waals surface area contributed by atoms with Crippen LogP contribution in [0.5, 0.6) is 0 Å². The summed E-state index contributed by atoms with van der Waals surface area (Å²) in [6.07, 6.45) is 1.11. The molecule has 0 atom stereocenters. The minimum Gasteiger partial charge on any atom is -0.466 e. The number of hydrogen-bond donors (Lipinski definition) is 1. The highest BCUT2D eigenvalue weighted by atomic mass is 16.3. The van der Waals surface area contributed by atoms with Crippen LogP contribution in [-0.2, 0) is 19.6 Å². The molecule has 0 fully saturated rings. The largest absolute Gasteiger partial charge is 0.466 e. The summed E-state index contributed by atoms with van der Waals surface area (Å²) in [6.45, 7) is 12.7. The highest BCUT2D eigenvalue weighted by molar-refractivity contribution is 5.95. The minimum atomic E-state index is -0.112. The Labute approximate surface area is 149 Å². The van der Waals surface area contributed by atoms with Crippen LogP contribution < -0.4 is 5.32 Å². The molecule has 2 aromatic rings. The van der Waals surface area contributed by atoms with E-state index < -0.39 is 0 Å². The molecule has 0 spiro atoms. The van der Waals surface area contributed by atoms with Crippen molar-refractivity contribution in [2.75, 3.05) is 13.1 Å². The maximum absolute atomic E-state index is 12.3. The van der Waals surface area contributed by atoms with Crippen molar-refractivity contribution >= 4 is 5.91 Å². The Kier molecular flexibility index (Phi) is 5.27. The van der Waals surface area contributed by atoms with Crippen molar-refractivity contribution in [3.05, 3.63) is 40.6 Å². The van der Waals surface area contributed by atoms with Gasteiger partial charge >= 0.3 is 0 Å². The third-order valence-corrected chi connectivity index (χ3v) is 4.48. The van der Waals surface area contributed by atoms with E-state index in [9.17, 15) is 4.79 Å². The van der Waals surface area contributed by atoms with Crippen molar-refractivity contribution in [3.8, 4) is 0 Å². The summed E-state index contributed by atoms with van der Waals surface area (Å²) in [5, 5.41) is 7.62. The van der Waals surface area contributed by atoms with Gasteiger partial charge in [-0.2, -0.15) is 5.10 Å². The third kappa shape index (κ3) is 4.31. The summed E-state index contributed by atoms with van der Waals surface area (Å²) in [5.74, 6) is 1.95. The van der Waals surface area contributed by atoms with Gasteiger partial charge in [-0.25, -0.2) is 0 Å². The van der Waals surface area contributed by atoms with Gasteiger partial charge in [-0.3, -0.25) is 14.4 Å². The van der Waals surface area contributed by atoms with Gasteiger partial charge in [-0.05, 0) is 38.3 Å². The Hall–Kier alpha value is -2.08. The van der Waals surface area contributed by atoms with E-state index in [1.807, 2.05) is 13.8 Å². The second-order valence-electron chi connectivity index (χ2n) is 7.34. The molecule has 0 saturated heterocycles. The molecule has 1 aliphatic rings. The number of hydrogen-bond acceptors (Lipinski definition) is 4. The molecule has 0 aromatic carbocycles. The number of aromatic nitrogens is 2. The summed E-state index contributed by atoms with van der Waals surface area (Å²) < 4.78 is 7.52. The molecule has 6 heteroatoms. The first-order valence-corrected chi connectivity index (χ1v) is 9.05. The first-order valence-electron chi connectivity index (χ1n) is 9.05. The number of rotatable bonds is 5. The van der Waals surface area contributed by atoms with E-state index in [1.165, 1.54) is 5.69 Å². The molecule has 1 aliphatic heterocycles. The van der Waals surface area contributed by atoms with Crippen molar-refractivity contribution in [1.82, 2.24) is 20.0 Å². The Morgan fingerprint density at radius 2 is 2.12 bits per heavy atom. The fourth-order valence-electron chi connectivity index (χ4n) is 3.47. The molecular formula is C19H28N4O2. The van der Waals surface area contributed by atoms with Gasteiger partial charge in [0.2, 0.25) is 0 Å². The number of carbonyl (C=O) groups is 1. The fourth-order valence-corrected chi connectivity index (χ4v) is 3.47. The molecule has 25 heavy (non-hydrogen) atoms. The highest BCUT2D eigenvalue weighted by Gasteiger charge is 2.18. The molecule has 3 rings (SSSR count). The van der Waals surface area contributed by atoms with Crippen LogP contribution in [0.25, 0.3) is 0 Å². The fraction of sp³-hybridized carbons (Fsp3) is 0.579. The van der Waals surface area contributed by atoms with E-state index in [0.717, 1.165) is 44.1 Å². The number of aryl methyl sites for hydroxylation is 3. The number of fused-ring (bicyclic) bond motifs is 1. The van der Waals surface area contributed by atoms with Crippen molar-refractivity contribution in [2.24, 2.45) is 5.92 Å². The quantitative estimate of drug-likeness (QED) is 0.906. The van der Waals surface area contributed by atoms with Gasteiger partial charge in [0.1, 0.15) is 11.5 Å². The Bertz CT molecular complexity index is 745. The Balaban J connectivity index is 1.63. The molecule has 1 N–H and O–H groups in total. The maximum atomic E-state index is 12.3. The number of nitrogens with zero attached hydrogens (tertiary/aromatic N) is 3. The van der Waals surface area contributed by atoms with Gasteiger partial charge in [-0.1, -0.05) is 13.8 Å². The molecule has 0 aliphatic carbocycles. The topological polar surface area (TPSA) is 63.3 Å². The van der Waals surface area contributed by atoms with Crippen LogP contribution in [0.15, 0.2) is 16.5 Å². The van der Waals surface area contributed by atoms with Gasteiger partial charge in [-0.15, -0.1) is 0 Å². The van der Waals surface area contributed by atoms with Crippen LogP contribution in [0.2, 0.25) is 0 Å². The zero-order valence-corrected chi connectivity index (χ0v) is 15.6. The van der Waals surface area contributed by atoms with E-state index in [4.69, 9.17) is 4.42 Å². The second-order valence-corrected chi connectivity index (χ2v) is 7.34. The van der Waals surface area contributed by atoms with Crippen molar-refractivity contribution in [2.45, 2.75) is 53.8 Å². The lowest BCUT2D eigenvalue weighted by Gasteiger charge is -2.21. The number of nitrogens with one attached hydrogen (secondary N) is 1. The molecule has 0 radical (unpaired) electrons. The zero-order valence-electron chi connectivity index (χ0n) is 15.6.